The molecule has 12 nitrogen and oxygen atoms in total. The number of pyridine rings is 4. The minimum absolute atomic E-state index is 0.510. The topological polar surface area (TPSA) is 155 Å². The second-order valence-electron chi connectivity index (χ2n) is 9.25. The van der Waals surface area contributed by atoms with Gasteiger partial charge in [-0.15, -0.1) is 0 Å². The van der Waals surface area contributed by atoms with Gasteiger partial charge in [0, 0.05) is 49.6 Å². The van der Waals surface area contributed by atoms with Crippen molar-refractivity contribution in [3.63, 3.8) is 0 Å². The molecule has 0 amide bonds. The zero-order valence-corrected chi connectivity index (χ0v) is 26.0. The summed E-state index contributed by atoms with van der Waals surface area (Å²) in [7, 11) is 0. The van der Waals surface area contributed by atoms with Gasteiger partial charge in [-0.05, 0) is 76.6 Å². The molecule has 0 aromatic carbocycles. The third-order valence-corrected chi connectivity index (χ3v) is 6.50. The highest BCUT2D eigenvalue weighted by Gasteiger charge is 2.11. The molecule has 0 aliphatic rings. The lowest BCUT2D eigenvalue weighted by molar-refractivity contribution is 0.574. The Morgan fingerprint density at radius 2 is 1.06 bits per heavy atom. The summed E-state index contributed by atoms with van der Waals surface area (Å²) in [6, 6.07) is 22.3. The zero-order chi connectivity index (χ0) is 32.1. The van der Waals surface area contributed by atoms with Gasteiger partial charge < -0.3 is 8.83 Å². The van der Waals surface area contributed by atoms with Gasteiger partial charge in [0.15, 0.2) is 17.4 Å². The quantitative estimate of drug-likeness (QED) is 0.167. The van der Waals surface area contributed by atoms with Crippen LogP contribution >= 0.6 is 15.9 Å². The number of rotatable bonds is 5. The van der Waals surface area contributed by atoms with Crippen LogP contribution < -0.4 is 0 Å². The molecule has 8 rings (SSSR count). The fourth-order valence-electron chi connectivity index (χ4n) is 3.96. The Bertz CT molecular complexity index is 2100. The van der Waals surface area contributed by atoms with E-state index in [2.05, 4.69) is 65.8 Å². The van der Waals surface area contributed by atoms with Gasteiger partial charge in [0.25, 0.3) is 0 Å². The number of nitrogens with zero attached hydrogens (tertiary/aromatic N) is 10. The molecule has 8 aromatic rings. The first-order chi connectivity index (χ1) is 23.2. The fraction of sp³-hybridized carbons (Fsp3) is 0. The first-order valence-corrected chi connectivity index (χ1v) is 14.8. The first kappa shape index (κ1) is 30.7. The van der Waals surface area contributed by atoms with E-state index in [1.807, 2.05) is 60.7 Å². The van der Waals surface area contributed by atoms with Crippen molar-refractivity contribution in [3.8, 4) is 57.4 Å². The largest absolute Gasteiger partial charge is 0.444 e. The van der Waals surface area contributed by atoms with Gasteiger partial charge in [-0.1, -0.05) is 12.1 Å². The molecule has 13 heteroatoms. The molecule has 0 atom stereocenters. The molecule has 0 radical (unpaired) electrons. The van der Waals surface area contributed by atoms with Crippen LogP contribution in [0, 0.1) is 0 Å². The average molecular weight is 684 g/mol. The number of aromatic nitrogens is 10. The van der Waals surface area contributed by atoms with Gasteiger partial charge in [0.05, 0.1) is 23.5 Å². The molecule has 0 aliphatic carbocycles. The molecule has 0 N–H and O–H groups in total. The van der Waals surface area contributed by atoms with Crippen LogP contribution in [-0.2, 0) is 0 Å². The number of hydrogen-bond acceptors (Lipinski definition) is 12. The minimum atomic E-state index is 0.510. The van der Waals surface area contributed by atoms with Gasteiger partial charge in [-0.25, -0.2) is 39.9 Å². The van der Waals surface area contributed by atoms with Crippen LogP contribution in [0.1, 0.15) is 0 Å². The van der Waals surface area contributed by atoms with Crippen molar-refractivity contribution in [2.45, 2.75) is 0 Å². The van der Waals surface area contributed by atoms with Gasteiger partial charge in [0.2, 0.25) is 11.8 Å². The summed E-state index contributed by atoms with van der Waals surface area (Å²) in [6.07, 6.45) is 18.4. The van der Waals surface area contributed by atoms with Crippen molar-refractivity contribution in [2.75, 3.05) is 0 Å². The van der Waals surface area contributed by atoms with Crippen molar-refractivity contribution in [3.05, 3.63) is 146 Å². The Hall–Kier alpha value is -6.34. The smallest absolute Gasteiger partial charge is 0.228 e. The average Bonchev–Trinajstić information content (AvgIpc) is 3.88. The summed E-state index contributed by atoms with van der Waals surface area (Å²) in [5.41, 5.74) is 3.86. The lowest BCUT2D eigenvalue weighted by Crippen LogP contribution is -1.91. The lowest BCUT2D eigenvalue weighted by Gasteiger charge is -2.00. The van der Waals surface area contributed by atoms with Crippen molar-refractivity contribution in [1.82, 2.24) is 49.8 Å². The molecule has 0 aliphatic heterocycles. The SMILES string of the molecule is Brc1cccc(-c2ncccn2)n1.c1cnc(-c2cccc(-c3cnc(-c4cccnc4)o3)n2)nc1.c1cncc(-c2ncco2)c1. The summed E-state index contributed by atoms with van der Waals surface area (Å²) >= 11 is 3.29. The Balaban J connectivity index is 0.000000136. The summed E-state index contributed by atoms with van der Waals surface area (Å²) in [6.45, 7) is 0. The highest BCUT2D eigenvalue weighted by molar-refractivity contribution is 9.10. The molecule has 0 unspecified atom stereocenters. The molecule has 0 bridgehead atoms. The number of halogens is 1. The Morgan fingerprint density at radius 3 is 1.64 bits per heavy atom. The van der Waals surface area contributed by atoms with Crippen LogP contribution in [0.2, 0.25) is 0 Å². The van der Waals surface area contributed by atoms with E-state index < -0.39 is 0 Å². The van der Waals surface area contributed by atoms with Crippen molar-refractivity contribution >= 4 is 15.9 Å². The van der Waals surface area contributed by atoms with E-state index in [-0.39, 0.29) is 0 Å². The Labute approximate surface area is 276 Å². The standard InChI is InChI=1S/C17H11N5O.C9H6BrN3.C8H6N2O/c1-5-13(22-14(6-1)16-19-8-3-9-20-16)15-11-21-17(23-15)12-4-2-7-18-10-12;10-8-4-1-3-7(13-8)9-11-5-2-6-12-9;1-2-7(6-9-3-1)8-10-4-5-11-8/h1-11H;1-6H;1-6H. The summed E-state index contributed by atoms with van der Waals surface area (Å²) in [4.78, 5) is 41.7. The Morgan fingerprint density at radius 1 is 0.468 bits per heavy atom. The van der Waals surface area contributed by atoms with Crippen molar-refractivity contribution in [1.29, 1.82) is 0 Å². The molecule has 8 heterocycles. The maximum atomic E-state index is 5.79. The van der Waals surface area contributed by atoms with Crippen LogP contribution in [-0.4, -0.2) is 49.8 Å². The summed E-state index contributed by atoms with van der Waals surface area (Å²) in [5.74, 6) is 2.92. The van der Waals surface area contributed by atoms with Crippen molar-refractivity contribution in [2.24, 2.45) is 0 Å². The van der Waals surface area contributed by atoms with E-state index in [9.17, 15) is 0 Å². The van der Waals surface area contributed by atoms with E-state index in [1.54, 1.807) is 80.4 Å². The Kier molecular flexibility index (Phi) is 10.2. The van der Waals surface area contributed by atoms with Crippen LogP contribution in [0.3, 0.4) is 0 Å². The van der Waals surface area contributed by atoms with Crippen molar-refractivity contribution < 1.29 is 8.83 Å². The zero-order valence-electron chi connectivity index (χ0n) is 24.4. The third-order valence-electron chi connectivity index (χ3n) is 6.06. The van der Waals surface area contributed by atoms with Crippen LogP contribution in [0.5, 0.6) is 0 Å². The van der Waals surface area contributed by atoms with Crippen LogP contribution in [0.15, 0.2) is 154 Å². The van der Waals surface area contributed by atoms with E-state index >= 15 is 0 Å². The third kappa shape index (κ3) is 8.44. The molecule has 0 saturated carbocycles. The van der Waals surface area contributed by atoms with Crippen LogP contribution in [0.25, 0.3) is 57.4 Å². The first-order valence-electron chi connectivity index (χ1n) is 14.0. The van der Waals surface area contributed by atoms with Gasteiger partial charge in [-0.2, -0.15) is 0 Å². The molecule has 8 aromatic heterocycles. The molecular weight excluding hydrogens is 660 g/mol. The minimum Gasteiger partial charge on any atom is -0.444 e. The van der Waals surface area contributed by atoms with Gasteiger partial charge in [-0.3, -0.25) is 9.97 Å². The molecule has 0 spiro atoms. The summed E-state index contributed by atoms with van der Waals surface area (Å²) in [5, 5.41) is 0. The fourth-order valence-corrected chi connectivity index (χ4v) is 4.31. The van der Waals surface area contributed by atoms with E-state index in [1.165, 1.54) is 0 Å². The molecule has 47 heavy (non-hydrogen) atoms. The van der Waals surface area contributed by atoms with E-state index in [0.29, 0.717) is 40.6 Å². The number of oxazole rings is 2. The highest BCUT2D eigenvalue weighted by Crippen LogP contribution is 2.25. The molecule has 0 saturated heterocycles. The van der Waals surface area contributed by atoms with Gasteiger partial charge >= 0.3 is 0 Å². The monoisotopic (exact) mass is 682 g/mol. The second-order valence-corrected chi connectivity index (χ2v) is 10.1. The molecule has 228 valence electrons. The molecule has 0 fully saturated rings. The van der Waals surface area contributed by atoms with E-state index in [0.717, 1.165) is 21.4 Å². The lowest BCUT2D eigenvalue weighted by atomic mass is 10.2. The predicted octanol–water partition coefficient (Wildman–Crippen LogP) is 7.29. The second kappa shape index (κ2) is 15.6. The molecular formula is C34H23BrN10O2. The van der Waals surface area contributed by atoms with Crippen LogP contribution in [0.4, 0.5) is 0 Å². The highest BCUT2D eigenvalue weighted by atomic mass is 79.9. The van der Waals surface area contributed by atoms with E-state index in [4.69, 9.17) is 8.83 Å². The van der Waals surface area contributed by atoms with Gasteiger partial charge in [0.1, 0.15) is 27.9 Å². The normalized spacial score (nSPS) is 10.2. The number of hydrogen-bond donors (Lipinski definition) is 0. The maximum Gasteiger partial charge on any atom is 0.228 e. The predicted molar refractivity (Wildman–Crippen MR) is 177 cm³/mol. The maximum absolute atomic E-state index is 5.79. The summed E-state index contributed by atoms with van der Waals surface area (Å²) < 4.78 is 11.6.